The van der Waals surface area contributed by atoms with Crippen LogP contribution in [0.1, 0.15) is 56.2 Å². The van der Waals surface area contributed by atoms with Gasteiger partial charge in [0, 0.05) is 18.6 Å². The maximum absolute atomic E-state index is 6.42. The Labute approximate surface area is 118 Å². The van der Waals surface area contributed by atoms with Crippen molar-refractivity contribution in [2.45, 2.75) is 58.0 Å². The summed E-state index contributed by atoms with van der Waals surface area (Å²) < 4.78 is 0. The van der Waals surface area contributed by atoms with Crippen LogP contribution in [-0.4, -0.2) is 24.0 Å². The molecule has 2 rings (SSSR count). The minimum absolute atomic E-state index is 0.145. The van der Waals surface area contributed by atoms with Crippen molar-refractivity contribution >= 4 is 0 Å². The van der Waals surface area contributed by atoms with Crippen LogP contribution in [0.25, 0.3) is 0 Å². The van der Waals surface area contributed by atoms with E-state index in [0.717, 1.165) is 12.6 Å². The fraction of sp³-hybridized carbons (Fsp3) is 0.647. The van der Waals surface area contributed by atoms with E-state index in [9.17, 15) is 0 Å². The van der Waals surface area contributed by atoms with Crippen LogP contribution in [0.2, 0.25) is 0 Å². The van der Waals surface area contributed by atoms with Gasteiger partial charge < -0.3 is 5.73 Å². The second-order valence-corrected chi connectivity index (χ2v) is 5.93. The molecule has 0 amide bonds. The molecule has 1 aromatic carbocycles. The topological polar surface area (TPSA) is 29.3 Å². The van der Waals surface area contributed by atoms with E-state index in [2.05, 4.69) is 43.0 Å². The zero-order valence-corrected chi connectivity index (χ0v) is 12.4. The van der Waals surface area contributed by atoms with Crippen LogP contribution in [-0.2, 0) is 0 Å². The van der Waals surface area contributed by atoms with Crippen molar-refractivity contribution in [3.05, 3.63) is 35.4 Å². The van der Waals surface area contributed by atoms with E-state index in [0.29, 0.717) is 0 Å². The molecular formula is C17H28N2. The van der Waals surface area contributed by atoms with E-state index >= 15 is 0 Å². The summed E-state index contributed by atoms with van der Waals surface area (Å²) in [7, 11) is 0. The van der Waals surface area contributed by atoms with Gasteiger partial charge >= 0.3 is 0 Å². The minimum atomic E-state index is 0.145. The number of likely N-dealkylation sites (tertiary alicyclic amines) is 1. The molecule has 1 aromatic rings. The van der Waals surface area contributed by atoms with Gasteiger partial charge in [-0.2, -0.15) is 0 Å². The maximum Gasteiger partial charge on any atom is 0.0424 e. The molecule has 19 heavy (non-hydrogen) atoms. The van der Waals surface area contributed by atoms with Crippen molar-refractivity contribution in [1.29, 1.82) is 0 Å². The Kier molecular flexibility index (Phi) is 5.41. The summed E-state index contributed by atoms with van der Waals surface area (Å²) in [5.74, 6) is 0. The number of hydrogen-bond donors (Lipinski definition) is 1. The lowest BCUT2D eigenvalue weighted by atomic mass is 10.0. The molecular weight excluding hydrogens is 232 g/mol. The van der Waals surface area contributed by atoms with Crippen LogP contribution in [0.5, 0.6) is 0 Å². The molecule has 1 aliphatic rings. The van der Waals surface area contributed by atoms with Gasteiger partial charge in [0.2, 0.25) is 0 Å². The van der Waals surface area contributed by atoms with E-state index in [1.807, 2.05) is 0 Å². The Bertz CT molecular complexity index is 389. The Morgan fingerprint density at radius 3 is 2.89 bits per heavy atom. The van der Waals surface area contributed by atoms with Crippen LogP contribution in [0.15, 0.2) is 24.3 Å². The van der Waals surface area contributed by atoms with Gasteiger partial charge in [-0.15, -0.1) is 0 Å². The third kappa shape index (κ3) is 4.05. The van der Waals surface area contributed by atoms with Crippen molar-refractivity contribution in [3.63, 3.8) is 0 Å². The van der Waals surface area contributed by atoms with E-state index in [1.165, 1.54) is 49.8 Å². The average Bonchev–Trinajstić information content (AvgIpc) is 2.63. The van der Waals surface area contributed by atoms with E-state index in [4.69, 9.17) is 5.73 Å². The summed E-state index contributed by atoms with van der Waals surface area (Å²) in [5.41, 5.74) is 9.00. The van der Waals surface area contributed by atoms with Crippen LogP contribution < -0.4 is 5.73 Å². The Balaban J connectivity index is 2.01. The summed E-state index contributed by atoms with van der Waals surface area (Å²) in [5, 5.41) is 0. The molecule has 2 unspecified atom stereocenters. The van der Waals surface area contributed by atoms with Gasteiger partial charge in [-0.25, -0.2) is 0 Å². The largest absolute Gasteiger partial charge is 0.323 e. The standard InChI is InChI=1S/C17H28N2/c1-3-16-10-5-4-6-11-19(16)13-17(18)15-9-7-8-14(2)12-15/h7-9,12,16-17H,3-6,10-11,13,18H2,1-2H3. The molecule has 1 heterocycles. The Morgan fingerprint density at radius 1 is 1.32 bits per heavy atom. The third-order valence-corrected chi connectivity index (χ3v) is 4.37. The highest BCUT2D eigenvalue weighted by Gasteiger charge is 2.21. The molecule has 0 radical (unpaired) electrons. The first kappa shape index (κ1) is 14.5. The molecule has 106 valence electrons. The van der Waals surface area contributed by atoms with Crippen molar-refractivity contribution in [2.75, 3.05) is 13.1 Å². The van der Waals surface area contributed by atoms with E-state index in [1.54, 1.807) is 0 Å². The average molecular weight is 260 g/mol. The summed E-state index contributed by atoms with van der Waals surface area (Å²) >= 11 is 0. The Hall–Kier alpha value is -0.860. The maximum atomic E-state index is 6.42. The van der Waals surface area contributed by atoms with Crippen LogP contribution in [0, 0.1) is 6.92 Å². The molecule has 1 saturated heterocycles. The molecule has 0 bridgehead atoms. The second-order valence-electron chi connectivity index (χ2n) is 5.93. The lowest BCUT2D eigenvalue weighted by Gasteiger charge is -2.31. The fourth-order valence-corrected chi connectivity index (χ4v) is 3.20. The predicted molar refractivity (Wildman–Crippen MR) is 82.2 cm³/mol. The fourth-order valence-electron chi connectivity index (χ4n) is 3.20. The summed E-state index contributed by atoms with van der Waals surface area (Å²) in [6, 6.07) is 9.52. The van der Waals surface area contributed by atoms with Gasteiger partial charge in [0.05, 0.1) is 0 Å². The Morgan fingerprint density at radius 2 is 2.16 bits per heavy atom. The molecule has 0 aliphatic carbocycles. The van der Waals surface area contributed by atoms with E-state index in [-0.39, 0.29) is 6.04 Å². The van der Waals surface area contributed by atoms with E-state index < -0.39 is 0 Å². The van der Waals surface area contributed by atoms with Gasteiger partial charge in [0.1, 0.15) is 0 Å². The van der Waals surface area contributed by atoms with Crippen molar-refractivity contribution in [1.82, 2.24) is 4.90 Å². The first-order valence-electron chi connectivity index (χ1n) is 7.77. The van der Waals surface area contributed by atoms with Gasteiger partial charge in [-0.1, -0.05) is 49.6 Å². The number of nitrogens with two attached hydrogens (primary N) is 1. The number of aryl methyl sites for hydroxylation is 1. The number of nitrogens with zero attached hydrogens (tertiary/aromatic N) is 1. The van der Waals surface area contributed by atoms with Crippen molar-refractivity contribution in [2.24, 2.45) is 5.73 Å². The third-order valence-electron chi connectivity index (χ3n) is 4.37. The summed E-state index contributed by atoms with van der Waals surface area (Å²) in [4.78, 5) is 2.62. The van der Waals surface area contributed by atoms with Gasteiger partial charge in [-0.3, -0.25) is 4.90 Å². The number of hydrogen-bond acceptors (Lipinski definition) is 2. The molecule has 1 fully saturated rings. The van der Waals surface area contributed by atoms with Crippen molar-refractivity contribution in [3.8, 4) is 0 Å². The van der Waals surface area contributed by atoms with Crippen LogP contribution in [0.4, 0.5) is 0 Å². The highest BCUT2D eigenvalue weighted by molar-refractivity contribution is 5.25. The number of rotatable bonds is 4. The highest BCUT2D eigenvalue weighted by atomic mass is 15.2. The van der Waals surface area contributed by atoms with Gasteiger partial charge in [0.15, 0.2) is 0 Å². The normalized spacial score (nSPS) is 23.0. The zero-order valence-electron chi connectivity index (χ0n) is 12.4. The number of benzene rings is 1. The molecule has 2 nitrogen and oxygen atoms in total. The molecule has 2 heteroatoms. The van der Waals surface area contributed by atoms with Crippen molar-refractivity contribution < 1.29 is 0 Å². The molecule has 0 saturated carbocycles. The lowest BCUT2D eigenvalue weighted by molar-refractivity contribution is 0.183. The summed E-state index contributed by atoms with van der Waals surface area (Å²) in [6.07, 6.45) is 6.69. The quantitative estimate of drug-likeness (QED) is 0.895. The van der Waals surface area contributed by atoms with Gasteiger partial charge in [-0.05, 0) is 38.3 Å². The summed E-state index contributed by atoms with van der Waals surface area (Å²) in [6.45, 7) is 6.66. The molecule has 1 aliphatic heterocycles. The van der Waals surface area contributed by atoms with Gasteiger partial charge in [0.25, 0.3) is 0 Å². The van der Waals surface area contributed by atoms with Crippen LogP contribution >= 0.6 is 0 Å². The monoisotopic (exact) mass is 260 g/mol. The SMILES string of the molecule is CCC1CCCCCN1CC(N)c1cccc(C)c1. The molecule has 2 N–H and O–H groups in total. The lowest BCUT2D eigenvalue weighted by Crippen LogP contribution is -2.39. The molecule has 2 atom stereocenters. The smallest absolute Gasteiger partial charge is 0.0424 e. The highest BCUT2D eigenvalue weighted by Crippen LogP contribution is 2.22. The van der Waals surface area contributed by atoms with Crippen LogP contribution in [0.3, 0.4) is 0 Å². The first-order chi connectivity index (χ1) is 9.20. The molecule has 0 aromatic heterocycles. The molecule has 0 spiro atoms. The minimum Gasteiger partial charge on any atom is -0.323 e. The zero-order chi connectivity index (χ0) is 13.7. The first-order valence-corrected chi connectivity index (χ1v) is 7.77. The second kappa shape index (κ2) is 7.06. The predicted octanol–water partition coefficient (Wildman–Crippen LogP) is 3.65.